The highest BCUT2D eigenvalue weighted by molar-refractivity contribution is 8.06. The van der Waals surface area contributed by atoms with Crippen LogP contribution in [0.2, 0.25) is 0 Å². The highest BCUT2D eigenvalue weighted by Gasteiger charge is 2.28. The average Bonchev–Trinajstić information content (AvgIpc) is 2.88. The Labute approximate surface area is 126 Å². The molecular formula is C14H17N3OS2. The number of benzene rings is 1. The fourth-order valence-corrected chi connectivity index (χ4v) is 4.98. The summed E-state index contributed by atoms with van der Waals surface area (Å²) in [5.41, 5.74) is 8.53. The Hall–Kier alpha value is -1.14. The van der Waals surface area contributed by atoms with E-state index in [1.165, 1.54) is 5.75 Å². The summed E-state index contributed by atoms with van der Waals surface area (Å²) in [6, 6.07) is 5.72. The third-order valence-corrected chi connectivity index (χ3v) is 6.45. The molecule has 6 heteroatoms. The second-order valence-electron chi connectivity index (χ2n) is 4.90. The fourth-order valence-electron chi connectivity index (χ4n) is 2.30. The lowest BCUT2D eigenvalue weighted by molar-refractivity contribution is 0.421. The molecule has 0 radical (unpaired) electrons. The summed E-state index contributed by atoms with van der Waals surface area (Å²) in [7, 11) is 0. The molecule has 0 saturated carbocycles. The number of nitrogens with two attached hydrogens (primary N) is 1. The number of rotatable bonds is 2. The van der Waals surface area contributed by atoms with Gasteiger partial charge >= 0.3 is 0 Å². The minimum Gasteiger partial charge on any atom is -0.399 e. The molecule has 1 aromatic carbocycles. The topological polar surface area (TPSA) is 64.9 Å². The van der Waals surface area contributed by atoms with Gasteiger partial charge in [0.2, 0.25) is 0 Å². The second-order valence-corrected chi connectivity index (χ2v) is 7.63. The zero-order chi connectivity index (χ0) is 14.1. The number of aryl methyl sites for hydroxylation is 1. The van der Waals surface area contributed by atoms with E-state index in [4.69, 9.17) is 10.3 Å². The van der Waals surface area contributed by atoms with Crippen LogP contribution in [0.4, 0.5) is 5.69 Å². The molecule has 0 bridgehead atoms. The van der Waals surface area contributed by atoms with Crippen molar-refractivity contribution in [3.63, 3.8) is 0 Å². The Bertz CT molecular complexity index is 614. The van der Waals surface area contributed by atoms with E-state index in [1.54, 1.807) is 0 Å². The van der Waals surface area contributed by atoms with Crippen LogP contribution in [0.15, 0.2) is 22.7 Å². The van der Waals surface area contributed by atoms with E-state index in [2.05, 4.69) is 17.1 Å². The molecule has 2 N–H and O–H groups in total. The molecule has 1 aliphatic rings. The molecule has 3 rings (SSSR count). The van der Waals surface area contributed by atoms with E-state index in [-0.39, 0.29) is 0 Å². The van der Waals surface area contributed by atoms with E-state index >= 15 is 0 Å². The highest BCUT2D eigenvalue weighted by Crippen LogP contribution is 2.41. The first-order valence-electron chi connectivity index (χ1n) is 6.58. The van der Waals surface area contributed by atoms with Crippen LogP contribution in [0.25, 0.3) is 11.5 Å². The lowest BCUT2D eigenvalue weighted by Crippen LogP contribution is -2.16. The molecule has 0 spiro atoms. The molecule has 1 saturated heterocycles. The molecule has 106 valence electrons. The molecule has 2 atom stereocenters. The summed E-state index contributed by atoms with van der Waals surface area (Å²) in [5, 5.41) is 5.02. The van der Waals surface area contributed by atoms with Gasteiger partial charge in [0.05, 0.1) is 5.25 Å². The van der Waals surface area contributed by atoms with E-state index in [0.29, 0.717) is 16.4 Å². The molecule has 1 aromatic heterocycles. The molecule has 2 unspecified atom stereocenters. The molecule has 20 heavy (non-hydrogen) atoms. The van der Waals surface area contributed by atoms with Crippen LogP contribution in [0.3, 0.4) is 0 Å². The van der Waals surface area contributed by atoms with Crippen molar-refractivity contribution >= 4 is 29.2 Å². The van der Waals surface area contributed by atoms with Gasteiger partial charge in [-0.15, -0.1) is 11.8 Å². The van der Waals surface area contributed by atoms with Gasteiger partial charge in [0, 0.05) is 28.0 Å². The van der Waals surface area contributed by atoms with Crippen molar-refractivity contribution < 1.29 is 4.52 Å². The predicted molar refractivity (Wildman–Crippen MR) is 86.0 cm³/mol. The number of hydrogen-bond donors (Lipinski definition) is 1. The van der Waals surface area contributed by atoms with E-state index < -0.39 is 0 Å². The largest absolute Gasteiger partial charge is 0.399 e. The molecule has 2 heterocycles. The van der Waals surface area contributed by atoms with Crippen molar-refractivity contribution in [3.8, 4) is 11.5 Å². The maximum Gasteiger partial charge on any atom is 0.258 e. The number of hydrogen-bond acceptors (Lipinski definition) is 6. The zero-order valence-electron chi connectivity index (χ0n) is 11.5. The van der Waals surface area contributed by atoms with Crippen molar-refractivity contribution in [1.29, 1.82) is 0 Å². The molecule has 1 fully saturated rings. The molecule has 1 aliphatic heterocycles. The van der Waals surface area contributed by atoms with Gasteiger partial charge < -0.3 is 10.3 Å². The van der Waals surface area contributed by atoms with Gasteiger partial charge in [-0.1, -0.05) is 12.1 Å². The summed E-state index contributed by atoms with van der Waals surface area (Å²) in [6.45, 7) is 4.23. The molecular weight excluding hydrogens is 290 g/mol. The Morgan fingerprint density at radius 3 is 2.85 bits per heavy atom. The summed E-state index contributed by atoms with van der Waals surface area (Å²) < 4.78 is 5.45. The summed E-state index contributed by atoms with van der Waals surface area (Å²) in [5.74, 6) is 3.73. The number of anilines is 1. The molecule has 2 aromatic rings. The van der Waals surface area contributed by atoms with Crippen LogP contribution in [-0.4, -0.2) is 26.9 Å². The van der Waals surface area contributed by atoms with Gasteiger partial charge in [0.15, 0.2) is 5.82 Å². The predicted octanol–water partition coefficient (Wildman–Crippen LogP) is 3.54. The molecule has 0 amide bonds. The second kappa shape index (κ2) is 5.69. The van der Waals surface area contributed by atoms with Gasteiger partial charge in [-0.2, -0.15) is 16.7 Å². The van der Waals surface area contributed by atoms with Crippen LogP contribution in [0, 0.1) is 6.92 Å². The monoisotopic (exact) mass is 307 g/mol. The van der Waals surface area contributed by atoms with E-state index in [0.717, 1.165) is 28.4 Å². The summed E-state index contributed by atoms with van der Waals surface area (Å²) >= 11 is 3.89. The van der Waals surface area contributed by atoms with Gasteiger partial charge in [-0.3, -0.25) is 0 Å². The van der Waals surface area contributed by atoms with Crippen LogP contribution in [0.5, 0.6) is 0 Å². The Morgan fingerprint density at radius 2 is 2.10 bits per heavy atom. The van der Waals surface area contributed by atoms with Crippen molar-refractivity contribution in [1.82, 2.24) is 10.1 Å². The highest BCUT2D eigenvalue weighted by atomic mass is 32.2. The SMILES string of the molecule is Cc1cc(N)ccc1-c1nc(C2SCCSC2C)no1. The molecule has 4 nitrogen and oxygen atoms in total. The quantitative estimate of drug-likeness (QED) is 0.856. The van der Waals surface area contributed by atoms with E-state index in [1.807, 2.05) is 48.6 Å². The normalized spacial score (nSPS) is 22.9. The van der Waals surface area contributed by atoms with Crippen LogP contribution in [-0.2, 0) is 0 Å². The van der Waals surface area contributed by atoms with Crippen molar-refractivity contribution in [2.75, 3.05) is 17.2 Å². The minimum atomic E-state index is 0.320. The van der Waals surface area contributed by atoms with Crippen molar-refractivity contribution in [3.05, 3.63) is 29.6 Å². The third-order valence-electron chi connectivity index (χ3n) is 3.36. The van der Waals surface area contributed by atoms with Crippen LogP contribution < -0.4 is 5.73 Å². The first kappa shape index (κ1) is 13.8. The van der Waals surface area contributed by atoms with Gasteiger partial charge in [0.25, 0.3) is 5.89 Å². The Kier molecular flexibility index (Phi) is 3.94. The van der Waals surface area contributed by atoms with Crippen LogP contribution >= 0.6 is 23.5 Å². The first-order valence-corrected chi connectivity index (χ1v) is 8.68. The van der Waals surface area contributed by atoms with Crippen LogP contribution in [0.1, 0.15) is 23.6 Å². The lowest BCUT2D eigenvalue weighted by atomic mass is 10.1. The number of aromatic nitrogens is 2. The lowest BCUT2D eigenvalue weighted by Gasteiger charge is -2.24. The van der Waals surface area contributed by atoms with Crippen molar-refractivity contribution in [2.45, 2.75) is 24.3 Å². The Morgan fingerprint density at radius 1 is 1.30 bits per heavy atom. The van der Waals surface area contributed by atoms with Gasteiger partial charge in [-0.25, -0.2) is 0 Å². The van der Waals surface area contributed by atoms with E-state index in [9.17, 15) is 0 Å². The number of nitrogen functional groups attached to an aromatic ring is 1. The molecule has 0 aliphatic carbocycles. The number of thioether (sulfide) groups is 2. The smallest absolute Gasteiger partial charge is 0.258 e. The zero-order valence-corrected chi connectivity index (χ0v) is 13.1. The maximum absolute atomic E-state index is 5.77. The van der Waals surface area contributed by atoms with Crippen molar-refractivity contribution in [2.24, 2.45) is 0 Å². The summed E-state index contributed by atoms with van der Waals surface area (Å²) in [4.78, 5) is 4.59. The maximum atomic E-state index is 5.77. The average molecular weight is 307 g/mol. The third kappa shape index (κ3) is 2.67. The van der Waals surface area contributed by atoms with Gasteiger partial charge in [-0.05, 0) is 30.7 Å². The minimum absolute atomic E-state index is 0.320. The standard InChI is InChI=1S/C14H17N3OS2/c1-8-7-10(15)3-4-11(8)14-16-13(17-18-14)12-9(2)19-5-6-20-12/h3-4,7,9,12H,5-6,15H2,1-2H3. The summed E-state index contributed by atoms with van der Waals surface area (Å²) in [6.07, 6.45) is 0. The first-order chi connectivity index (χ1) is 9.65. The number of nitrogens with zero attached hydrogens (tertiary/aromatic N) is 2. The van der Waals surface area contributed by atoms with Gasteiger partial charge in [0.1, 0.15) is 0 Å². The Balaban J connectivity index is 1.89. The fraction of sp³-hybridized carbons (Fsp3) is 0.429.